The van der Waals surface area contributed by atoms with E-state index in [2.05, 4.69) is 26.1 Å². The molecule has 1 fully saturated rings. The van der Waals surface area contributed by atoms with Gasteiger partial charge in [-0.25, -0.2) is 8.42 Å². The minimum atomic E-state index is -3.40. The van der Waals surface area contributed by atoms with Crippen LogP contribution in [-0.2, 0) is 10.0 Å². The molecule has 3 rings (SSSR count). The minimum absolute atomic E-state index is 0.0294. The smallest absolute Gasteiger partial charge is 0.252 e. The van der Waals surface area contributed by atoms with E-state index in [0.717, 1.165) is 3.79 Å². The maximum atomic E-state index is 12.5. The third kappa shape index (κ3) is 3.48. The number of hydrogen-bond acceptors (Lipinski definition) is 6. The van der Waals surface area contributed by atoms with Crippen LogP contribution in [0.5, 0.6) is 5.88 Å². The molecule has 0 aromatic carbocycles. The van der Waals surface area contributed by atoms with Crippen LogP contribution >= 0.6 is 27.3 Å². The van der Waals surface area contributed by atoms with Crippen molar-refractivity contribution in [3.05, 3.63) is 34.2 Å². The van der Waals surface area contributed by atoms with Gasteiger partial charge in [-0.1, -0.05) is 0 Å². The van der Waals surface area contributed by atoms with Gasteiger partial charge in [0.2, 0.25) is 5.88 Å². The van der Waals surface area contributed by atoms with Crippen molar-refractivity contribution < 1.29 is 13.2 Å². The van der Waals surface area contributed by atoms with E-state index in [0.29, 0.717) is 36.0 Å². The topological polar surface area (TPSA) is 72.4 Å². The number of rotatable bonds is 4. The fourth-order valence-electron chi connectivity index (χ4n) is 2.27. The van der Waals surface area contributed by atoms with Crippen molar-refractivity contribution in [2.75, 3.05) is 13.1 Å². The zero-order chi connectivity index (χ0) is 15.6. The van der Waals surface area contributed by atoms with Crippen molar-refractivity contribution in [2.45, 2.75) is 23.2 Å². The van der Waals surface area contributed by atoms with Crippen LogP contribution in [0.25, 0.3) is 0 Å². The maximum absolute atomic E-state index is 12.5. The highest BCUT2D eigenvalue weighted by Crippen LogP contribution is 2.30. The number of aromatic nitrogens is 2. The molecular weight excluding hydrogens is 390 g/mol. The van der Waals surface area contributed by atoms with E-state index in [1.807, 2.05) is 0 Å². The van der Waals surface area contributed by atoms with Gasteiger partial charge in [-0.05, 0) is 47.0 Å². The van der Waals surface area contributed by atoms with Crippen LogP contribution in [0.1, 0.15) is 12.8 Å². The Balaban J connectivity index is 1.62. The Morgan fingerprint density at radius 2 is 2.05 bits per heavy atom. The second-order valence-electron chi connectivity index (χ2n) is 4.84. The van der Waals surface area contributed by atoms with E-state index < -0.39 is 10.0 Å². The molecule has 0 amide bonds. The molecule has 0 bridgehead atoms. The van der Waals surface area contributed by atoms with Crippen LogP contribution in [0.3, 0.4) is 0 Å². The predicted octanol–water partition coefficient (Wildman–Crippen LogP) is 2.53. The van der Waals surface area contributed by atoms with Crippen LogP contribution < -0.4 is 4.74 Å². The number of nitrogens with zero attached hydrogens (tertiary/aromatic N) is 3. The lowest BCUT2D eigenvalue weighted by Crippen LogP contribution is -2.41. The summed E-state index contributed by atoms with van der Waals surface area (Å²) in [7, 11) is -3.40. The maximum Gasteiger partial charge on any atom is 0.252 e. The summed E-state index contributed by atoms with van der Waals surface area (Å²) < 4.78 is 33.5. The predicted molar refractivity (Wildman–Crippen MR) is 86.5 cm³/mol. The molecule has 0 radical (unpaired) electrons. The van der Waals surface area contributed by atoms with Crippen LogP contribution in [0.4, 0.5) is 0 Å². The van der Waals surface area contributed by atoms with E-state index in [-0.39, 0.29) is 6.10 Å². The minimum Gasteiger partial charge on any atom is -0.473 e. The molecule has 6 nitrogen and oxygen atoms in total. The quantitative estimate of drug-likeness (QED) is 0.783. The first-order valence-electron chi connectivity index (χ1n) is 6.75. The molecule has 9 heteroatoms. The van der Waals surface area contributed by atoms with Gasteiger partial charge in [0.1, 0.15) is 10.3 Å². The Kier molecular flexibility index (Phi) is 4.76. The van der Waals surface area contributed by atoms with Gasteiger partial charge in [-0.3, -0.25) is 0 Å². The number of ether oxygens (including phenoxy) is 1. The molecule has 0 N–H and O–H groups in total. The standard InChI is InChI=1S/C13H14BrN3O3S2/c14-11-3-4-13(21-11)22(18,19)17-8-5-10(6-9-17)20-12-2-1-7-15-16-12/h1-4,7,10H,5-6,8-9H2. The lowest BCUT2D eigenvalue weighted by Gasteiger charge is -2.30. The lowest BCUT2D eigenvalue weighted by molar-refractivity contribution is 0.128. The highest BCUT2D eigenvalue weighted by atomic mass is 79.9. The Hall–Kier alpha value is -1.03. The Bertz CT molecular complexity index is 728. The van der Waals surface area contributed by atoms with Gasteiger partial charge < -0.3 is 4.74 Å². The molecule has 0 unspecified atom stereocenters. The molecular formula is C13H14BrN3O3S2. The monoisotopic (exact) mass is 403 g/mol. The molecule has 2 aromatic heterocycles. The summed E-state index contributed by atoms with van der Waals surface area (Å²) in [4.78, 5) is 0. The van der Waals surface area contributed by atoms with Gasteiger partial charge in [0, 0.05) is 25.4 Å². The Morgan fingerprint density at radius 3 is 2.64 bits per heavy atom. The van der Waals surface area contributed by atoms with E-state index in [1.165, 1.54) is 15.6 Å². The summed E-state index contributed by atoms with van der Waals surface area (Å²) >= 11 is 4.53. The van der Waals surface area contributed by atoms with Crippen LogP contribution in [0.15, 0.2) is 38.5 Å². The molecule has 0 spiro atoms. The van der Waals surface area contributed by atoms with Gasteiger partial charge in [0.25, 0.3) is 10.0 Å². The lowest BCUT2D eigenvalue weighted by atomic mass is 10.1. The van der Waals surface area contributed by atoms with Crippen LogP contribution in [0.2, 0.25) is 0 Å². The molecule has 0 aliphatic carbocycles. The molecule has 1 aliphatic heterocycles. The summed E-state index contributed by atoms with van der Waals surface area (Å²) in [6.07, 6.45) is 2.84. The number of thiophene rings is 1. The SMILES string of the molecule is O=S(=O)(c1ccc(Br)s1)N1CCC(Oc2cccnn2)CC1. The summed E-state index contributed by atoms with van der Waals surface area (Å²) in [5.74, 6) is 0.478. The van der Waals surface area contributed by atoms with Crippen molar-refractivity contribution in [1.29, 1.82) is 0 Å². The van der Waals surface area contributed by atoms with Crippen molar-refractivity contribution in [2.24, 2.45) is 0 Å². The molecule has 22 heavy (non-hydrogen) atoms. The fourth-order valence-corrected chi connectivity index (χ4v) is 5.91. The number of piperidine rings is 1. The normalized spacial score (nSPS) is 17.5. The van der Waals surface area contributed by atoms with Gasteiger partial charge in [0.05, 0.1) is 3.79 Å². The van der Waals surface area contributed by atoms with Crippen molar-refractivity contribution in [1.82, 2.24) is 14.5 Å². The van der Waals surface area contributed by atoms with Gasteiger partial charge in [-0.15, -0.1) is 16.4 Å². The third-order valence-electron chi connectivity index (χ3n) is 3.38. The number of sulfonamides is 1. The van der Waals surface area contributed by atoms with E-state index in [9.17, 15) is 8.42 Å². The highest BCUT2D eigenvalue weighted by molar-refractivity contribution is 9.11. The first kappa shape index (κ1) is 15.9. The molecule has 0 saturated carbocycles. The molecule has 0 atom stereocenters. The summed E-state index contributed by atoms with van der Waals surface area (Å²) in [5.41, 5.74) is 0. The molecule has 2 aromatic rings. The Labute approximate surface area is 141 Å². The second kappa shape index (κ2) is 6.61. The Morgan fingerprint density at radius 1 is 1.27 bits per heavy atom. The first-order chi connectivity index (χ1) is 10.6. The average molecular weight is 404 g/mol. The van der Waals surface area contributed by atoms with Crippen molar-refractivity contribution >= 4 is 37.3 Å². The van der Waals surface area contributed by atoms with Gasteiger partial charge in [-0.2, -0.15) is 9.40 Å². The number of hydrogen-bond donors (Lipinski definition) is 0. The zero-order valence-electron chi connectivity index (χ0n) is 11.6. The molecule has 1 saturated heterocycles. The molecule has 3 heterocycles. The average Bonchev–Trinajstić information content (AvgIpc) is 2.96. The molecule has 1 aliphatic rings. The third-order valence-corrected chi connectivity index (χ3v) is 7.37. The van der Waals surface area contributed by atoms with Crippen molar-refractivity contribution in [3.8, 4) is 5.88 Å². The highest BCUT2D eigenvalue weighted by Gasteiger charge is 2.31. The van der Waals surface area contributed by atoms with Crippen LogP contribution in [-0.4, -0.2) is 42.1 Å². The summed E-state index contributed by atoms with van der Waals surface area (Å²) in [5, 5.41) is 7.65. The zero-order valence-corrected chi connectivity index (χ0v) is 14.8. The fraction of sp³-hybridized carbons (Fsp3) is 0.385. The second-order valence-corrected chi connectivity index (χ2v) is 9.47. The van der Waals surface area contributed by atoms with Gasteiger partial charge in [0.15, 0.2) is 0 Å². The van der Waals surface area contributed by atoms with E-state index >= 15 is 0 Å². The molecule has 118 valence electrons. The first-order valence-corrected chi connectivity index (χ1v) is 9.80. The van der Waals surface area contributed by atoms with Crippen molar-refractivity contribution in [3.63, 3.8) is 0 Å². The van der Waals surface area contributed by atoms with Crippen LogP contribution in [0, 0.1) is 0 Å². The van der Waals surface area contributed by atoms with Gasteiger partial charge >= 0.3 is 0 Å². The van der Waals surface area contributed by atoms with E-state index in [1.54, 1.807) is 30.5 Å². The number of halogens is 1. The largest absolute Gasteiger partial charge is 0.473 e. The summed E-state index contributed by atoms with van der Waals surface area (Å²) in [6, 6.07) is 6.89. The summed E-state index contributed by atoms with van der Waals surface area (Å²) in [6.45, 7) is 0.894. The van der Waals surface area contributed by atoms with E-state index in [4.69, 9.17) is 4.74 Å².